The van der Waals surface area contributed by atoms with Crippen molar-refractivity contribution in [3.8, 4) is 0 Å². The maximum atomic E-state index is 13.7. The van der Waals surface area contributed by atoms with Crippen LogP contribution in [0.15, 0.2) is 51.9 Å². The van der Waals surface area contributed by atoms with Gasteiger partial charge in [0.15, 0.2) is 5.13 Å². The first-order valence-electron chi connectivity index (χ1n) is 11.0. The van der Waals surface area contributed by atoms with Crippen molar-refractivity contribution in [3.05, 3.63) is 69.6 Å². The van der Waals surface area contributed by atoms with E-state index >= 15 is 0 Å². The number of hydrogen-bond donors (Lipinski definition) is 0. The Kier molecular flexibility index (Phi) is 5.97. The Morgan fingerprint density at radius 3 is 2.67 bits per heavy atom. The van der Waals surface area contributed by atoms with Gasteiger partial charge < -0.3 is 9.15 Å². The molecule has 2 aromatic heterocycles. The minimum atomic E-state index is -0.392. The van der Waals surface area contributed by atoms with Crippen molar-refractivity contribution < 1.29 is 13.9 Å². The third kappa shape index (κ3) is 4.17. The van der Waals surface area contributed by atoms with E-state index in [-0.39, 0.29) is 11.0 Å². The van der Waals surface area contributed by atoms with Gasteiger partial charge in [-0.05, 0) is 37.1 Å². The van der Waals surface area contributed by atoms with Crippen LogP contribution in [0, 0.1) is 13.8 Å². The molecule has 0 spiro atoms. The van der Waals surface area contributed by atoms with Crippen LogP contribution in [0.2, 0.25) is 0 Å². The minimum absolute atomic E-state index is 0.0170. The molecular formula is C25H25N3O4S. The summed E-state index contributed by atoms with van der Waals surface area (Å²) in [6, 6.07) is 11.1. The Bertz CT molecular complexity index is 1350. The van der Waals surface area contributed by atoms with Crippen LogP contribution in [-0.2, 0) is 4.74 Å². The van der Waals surface area contributed by atoms with Crippen LogP contribution in [0.3, 0.4) is 0 Å². The molecular weight excluding hydrogens is 438 g/mol. The Labute approximate surface area is 195 Å². The number of amides is 1. The fraction of sp³-hybridized carbons (Fsp3) is 0.320. The van der Waals surface area contributed by atoms with Gasteiger partial charge in [0.1, 0.15) is 17.4 Å². The van der Waals surface area contributed by atoms with E-state index < -0.39 is 5.91 Å². The number of thiazole rings is 1. The zero-order valence-corrected chi connectivity index (χ0v) is 19.5. The number of fused-ring (bicyclic) bond motifs is 2. The molecule has 0 radical (unpaired) electrons. The lowest BCUT2D eigenvalue weighted by Crippen LogP contribution is -2.44. The van der Waals surface area contributed by atoms with Crippen LogP contribution in [0.5, 0.6) is 0 Å². The van der Waals surface area contributed by atoms with Crippen LogP contribution in [0.4, 0.5) is 5.13 Å². The van der Waals surface area contributed by atoms with E-state index in [1.807, 2.05) is 19.9 Å². The second-order valence-corrected chi connectivity index (χ2v) is 9.24. The first-order valence-corrected chi connectivity index (χ1v) is 11.8. The van der Waals surface area contributed by atoms with Crippen LogP contribution in [0.25, 0.3) is 21.2 Å². The second kappa shape index (κ2) is 9.05. The van der Waals surface area contributed by atoms with E-state index in [4.69, 9.17) is 14.1 Å². The highest BCUT2D eigenvalue weighted by Crippen LogP contribution is 2.33. The van der Waals surface area contributed by atoms with E-state index in [2.05, 4.69) is 11.0 Å². The number of benzene rings is 2. The summed E-state index contributed by atoms with van der Waals surface area (Å²) >= 11 is 1.48. The van der Waals surface area contributed by atoms with Crippen molar-refractivity contribution >= 4 is 43.6 Å². The molecule has 0 saturated carbocycles. The van der Waals surface area contributed by atoms with E-state index in [0.29, 0.717) is 42.4 Å². The fourth-order valence-electron chi connectivity index (χ4n) is 4.08. The van der Waals surface area contributed by atoms with Crippen molar-refractivity contribution in [2.24, 2.45) is 0 Å². The lowest BCUT2D eigenvalue weighted by atomic mass is 10.1. The summed E-state index contributed by atoms with van der Waals surface area (Å²) in [5.41, 5.74) is 3.22. The first-order chi connectivity index (χ1) is 16.0. The van der Waals surface area contributed by atoms with Crippen LogP contribution in [0.1, 0.15) is 21.5 Å². The fourth-order valence-corrected chi connectivity index (χ4v) is 5.22. The number of ether oxygens (including phenoxy) is 1. The SMILES string of the molecule is Cc1ccc(C)c2sc(N(CCN3CCOCC3)C(=O)c3coc4ccccc4c3=O)nc12. The van der Waals surface area contributed by atoms with Gasteiger partial charge >= 0.3 is 0 Å². The molecule has 0 unspecified atom stereocenters. The Morgan fingerprint density at radius 1 is 1.12 bits per heavy atom. The molecule has 1 aliphatic rings. The summed E-state index contributed by atoms with van der Waals surface area (Å²) in [5.74, 6) is -0.392. The lowest BCUT2D eigenvalue weighted by molar-refractivity contribution is 0.0391. The van der Waals surface area contributed by atoms with Gasteiger partial charge in [-0.25, -0.2) is 4.98 Å². The number of nitrogens with zero attached hydrogens (tertiary/aromatic N) is 3. The number of carbonyl (C=O) groups is 1. The predicted octanol–water partition coefficient (Wildman–Crippen LogP) is 4.00. The van der Waals surface area contributed by atoms with Crippen LogP contribution < -0.4 is 10.3 Å². The van der Waals surface area contributed by atoms with Gasteiger partial charge in [-0.2, -0.15) is 0 Å². The highest BCUT2D eigenvalue weighted by Gasteiger charge is 2.26. The summed E-state index contributed by atoms with van der Waals surface area (Å²) in [6.07, 6.45) is 1.28. The molecule has 0 atom stereocenters. The van der Waals surface area contributed by atoms with Crippen molar-refractivity contribution in [1.82, 2.24) is 9.88 Å². The van der Waals surface area contributed by atoms with E-state index in [0.717, 1.165) is 34.4 Å². The average molecular weight is 464 g/mol. The number of aromatic nitrogens is 1. The average Bonchev–Trinajstić information content (AvgIpc) is 3.29. The molecule has 1 aliphatic heterocycles. The molecule has 1 fully saturated rings. The van der Waals surface area contributed by atoms with E-state index in [1.165, 1.54) is 17.6 Å². The minimum Gasteiger partial charge on any atom is -0.463 e. The van der Waals surface area contributed by atoms with Crippen molar-refractivity contribution in [3.63, 3.8) is 0 Å². The van der Waals surface area contributed by atoms with Gasteiger partial charge in [0, 0.05) is 26.2 Å². The molecule has 33 heavy (non-hydrogen) atoms. The summed E-state index contributed by atoms with van der Waals surface area (Å²) in [4.78, 5) is 35.6. The Hall–Kier alpha value is -3.07. The van der Waals surface area contributed by atoms with Crippen molar-refractivity contribution in [2.45, 2.75) is 13.8 Å². The smallest absolute Gasteiger partial charge is 0.267 e. The number of morpholine rings is 1. The summed E-state index contributed by atoms with van der Waals surface area (Å²) in [5, 5.41) is 0.987. The predicted molar refractivity (Wildman–Crippen MR) is 131 cm³/mol. The van der Waals surface area contributed by atoms with E-state index in [9.17, 15) is 9.59 Å². The molecule has 7 nitrogen and oxygen atoms in total. The third-order valence-electron chi connectivity index (χ3n) is 6.06. The Morgan fingerprint density at radius 2 is 1.88 bits per heavy atom. The summed E-state index contributed by atoms with van der Waals surface area (Å²) in [7, 11) is 0. The zero-order chi connectivity index (χ0) is 22.9. The van der Waals surface area contributed by atoms with Gasteiger partial charge in [0.2, 0.25) is 5.43 Å². The maximum Gasteiger partial charge on any atom is 0.267 e. The summed E-state index contributed by atoms with van der Waals surface area (Å²) in [6.45, 7) is 8.15. The first kappa shape index (κ1) is 21.8. The van der Waals surface area contributed by atoms with Gasteiger partial charge in [0.25, 0.3) is 5.91 Å². The van der Waals surface area contributed by atoms with Gasteiger partial charge in [0.05, 0.1) is 28.8 Å². The molecule has 0 N–H and O–H groups in total. The van der Waals surface area contributed by atoms with Crippen molar-refractivity contribution in [2.75, 3.05) is 44.3 Å². The third-order valence-corrected chi connectivity index (χ3v) is 7.27. The molecule has 4 aromatic rings. The van der Waals surface area contributed by atoms with E-state index in [1.54, 1.807) is 29.2 Å². The van der Waals surface area contributed by atoms with Gasteiger partial charge in [-0.15, -0.1) is 0 Å². The number of anilines is 1. The molecule has 0 bridgehead atoms. The highest BCUT2D eigenvalue weighted by atomic mass is 32.1. The number of carbonyl (C=O) groups excluding carboxylic acids is 1. The highest BCUT2D eigenvalue weighted by molar-refractivity contribution is 7.22. The molecule has 8 heteroatoms. The monoisotopic (exact) mass is 463 g/mol. The number of para-hydroxylation sites is 1. The van der Waals surface area contributed by atoms with Gasteiger partial charge in [-0.1, -0.05) is 35.6 Å². The quantitative estimate of drug-likeness (QED) is 0.445. The van der Waals surface area contributed by atoms with Crippen LogP contribution >= 0.6 is 11.3 Å². The standard InChI is InChI=1S/C25H25N3O4S/c1-16-7-8-17(2)23-21(16)26-25(33-23)28(10-9-27-11-13-31-14-12-27)24(30)19-15-32-20-6-4-3-5-18(20)22(19)29/h3-8,15H,9-14H2,1-2H3. The van der Waals surface area contributed by atoms with Gasteiger partial charge in [-0.3, -0.25) is 19.4 Å². The van der Waals surface area contributed by atoms with Crippen LogP contribution in [-0.4, -0.2) is 55.2 Å². The number of rotatable bonds is 5. The molecule has 1 saturated heterocycles. The Balaban J connectivity index is 1.55. The largest absolute Gasteiger partial charge is 0.463 e. The van der Waals surface area contributed by atoms with Crippen molar-refractivity contribution in [1.29, 1.82) is 0 Å². The lowest BCUT2D eigenvalue weighted by Gasteiger charge is -2.29. The maximum absolute atomic E-state index is 13.7. The molecule has 3 heterocycles. The molecule has 5 rings (SSSR count). The zero-order valence-electron chi connectivity index (χ0n) is 18.7. The molecule has 1 amide bonds. The number of hydrogen-bond acceptors (Lipinski definition) is 7. The normalized spacial score (nSPS) is 14.7. The second-order valence-electron chi connectivity index (χ2n) is 8.26. The number of aryl methyl sites for hydroxylation is 2. The molecule has 2 aromatic carbocycles. The molecule has 0 aliphatic carbocycles. The summed E-state index contributed by atoms with van der Waals surface area (Å²) < 4.78 is 12.1. The molecule has 170 valence electrons. The topological polar surface area (TPSA) is 75.9 Å².